The maximum atomic E-state index is 4.45. The highest BCUT2D eigenvalue weighted by molar-refractivity contribution is 5.06. The van der Waals surface area contributed by atoms with Crippen molar-refractivity contribution < 1.29 is 0 Å². The van der Waals surface area contributed by atoms with Gasteiger partial charge >= 0.3 is 0 Å². The molecule has 1 saturated carbocycles. The van der Waals surface area contributed by atoms with Crippen LogP contribution in [0.25, 0.3) is 0 Å². The number of imidazole rings is 2. The second-order valence-corrected chi connectivity index (χ2v) is 6.09. The predicted molar refractivity (Wildman–Crippen MR) is 78.4 cm³/mol. The molecule has 0 saturated heterocycles. The summed E-state index contributed by atoms with van der Waals surface area (Å²) in [7, 11) is 0. The number of hydrogen-bond acceptors (Lipinski definition) is 3. The zero-order chi connectivity index (χ0) is 13.9. The van der Waals surface area contributed by atoms with E-state index in [4.69, 9.17) is 0 Å². The largest absolute Gasteiger partial charge is 0.331 e. The molecule has 1 aliphatic carbocycles. The lowest BCUT2D eigenvalue weighted by molar-refractivity contribution is 0.548. The highest BCUT2D eigenvalue weighted by atomic mass is 15.1. The fraction of sp³-hybridized carbons (Fsp3) is 0.600. The van der Waals surface area contributed by atoms with Crippen molar-refractivity contribution in [1.29, 1.82) is 0 Å². The molecule has 0 atom stereocenters. The third kappa shape index (κ3) is 3.28. The van der Waals surface area contributed by atoms with E-state index in [2.05, 4.69) is 44.5 Å². The van der Waals surface area contributed by atoms with Crippen molar-refractivity contribution in [3.05, 3.63) is 36.4 Å². The molecule has 2 heterocycles. The minimum absolute atomic E-state index is 0.671. The van der Waals surface area contributed by atoms with Crippen LogP contribution in [0.2, 0.25) is 0 Å². The van der Waals surface area contributed by atoms with Crippen molar-refractivity contribution in [2.75, 3.05) is 6.54 Å². The minimum atomic E-state index is 0.671. The summed E-state index contributed by atoms with van der Waals surface area (Å²) in [6.45, 7) is 7.15. The lowest BCUT2D eigenvalue weighted by atomic mass is 10.2. The van der Waals surface area contributed by atoms with Gasteiger partial charge in [0.05, 0.1) is 30.6 Å². The van der Waals surface area contributed by atoms with Crippen LogP contribution >= 0.6 is 0 Å². The smallest absolute Gasteiger partial charge is 0.0953 e. The van der Waals surface area contributed by atoms with E-state index in [0.717, 1.165) is 25.3 Å². The van der Waals surface area contributed by atoms with Gasteiger partial charge in [-0.1, -0.05) is 13.8 Å². The highest BCUT2D eigenvalue weighted by Gasteiger charge is 2.25. The maximum absolute atomic E-state index is 4.45. The Hall–Kier alpha value is -1.62. The molecular weight excluding hydrogens is 250 g/mol. The zero-order valence-corrected chi connectivity index (χ0v) is 12.3. The first-order chi connectivity index (χ1) is 9.72. The van der Waals surface area contributed by atoms with Crippen LogP contribution in [-0.2, 0) is 13.1 Å². The Morgan fingerprint density at radius 2 is 2.20 bits per heavy atom. The standard InChI is InChI=1S/C15H23N5/c1-12(2)5-16-6-13-8-19(11-18-13)9-15-7-17-10-20(15)14-3-4-14/h7-8,10-12,14,16H,3-6,9H2,1-2H3. The Bertz CT molecular complexity index is 550. The molecule has 108 valence electrons. The van der Waals surface area contributed by atoms with Crippen molar-refractivity contribution in [2.24, 2.45) is 5.92 Å². The van der Waals surface area contributed by atoms with Crippen LogP contribution in [0.15, 0.2) is 25.0 Å². The second-order valence-electron chi connectivity index (χ2n) is 6.09. The first-order valence-electron chi connectivity index (χ1n) is 7.44. The van der Waals surface area contributed by atoms with Crippen LogP contribution in [0.4, 0.5) is 0 Å². The van der Waals surface area contributed by atoms with Crippen LogP contribution in [0, 0.1) is 5.92 Å². The van der Waals surface area contributed by atoms with Crippen molar-refractivity contribution in [1.82, 2.24) is 24.4 Å². The fourth-order valence-corrected chi connectivity index (χ4v) is 2.40. The summed E-state index contributed by atoms with van der Waals surface area (Å²) < 4.78 is 4.44. The first-order valence-corrected chi connectivity index (χ1v) is 7.44. The monoisotopic (exact) mass is 273 g/mol. The molecule has 0 unspecified atom stereocenters. The lowest BCUT2D eigenvalue weighted by Crippen LogP contribution is -2.19. The molecule has 2 aromatic heterocycles. The van der Waals surface area contributed by atoms with E-state index in [-0.39, 0.29) is 0 Å². The van der Waals surface area contributed by atoms with Crippen LogP contribution in [0.1, 0.15) is 44.1 Å². The molecule has 20 heavy (non-hydrogen) atoms. The lowest BCUT2D eigenvalue weighted by Gasteiger charge is -2.07. The molecule has 2 aromatic rings. The molecule has 0 amide bonds. The predicted octanol–water partition coefficient (Wildman–Crippen LogP) is 2.21. The summed E-state index contributed by atoms with van der Waals surface area (Å²) in [6, 6.07) is 0.684. The summed E-state index contributed by atoms with van der Waals surface area (Å²) in [6.07, 6.45) is 10.5. The molecule has 5 heteroatoms. The Kier molecular flexibility index (Phi) is 3.87. The number of rotatable bonds is 7. The average Bonchev–Trinajstić information content (AvgIpc) is 2.99. The normalized spacial score (nSPS) is 15.2. The van der Waals surface area contributed by atoms with E-state index < -0.39 is 0 Å². The molecular formula is C15H23N5. The van der Waals surface area contributed by atoms with E-state index >= 15 is 0 Å². The van der Waals surface area contributed by atoms with Gasteiger partial charge in [-0.25, -0.2) is 9.97 Å². The van der Waals surface area contributed by atoms with Crippen LogP contribution in [0.5, 0.6) is 0 Å². The molecule has 0 spiro atoms. The summed E-state index contributed by atoms with van der Waals surface area (Å²) in [5.74, 6) is 0.671. The van der Waals surface area contributed by atoms with Crippen LogP contribution in [0.3, 0.4) is 0 Å². The number of hydrogen-bond donors (Lipinski definition) is 1. The third-order valence-corrected chi connectivity index (χ3v) is 3.58. The second kappa shape index (κ2) is 5.79. The van der Waals surface area contributed by atoms with Gasteiger partial charge in [-0.15, -0.1) is 0 Å². The third-order valence-electron chi connectivity index (χ3n) is 3.58. The van der Waals surface area contributed by atoms with Gasteiger partial charge in [0.15, 0.2) is 0 Å². The number of nitrogens with one attached hydrogen (secondary N) is 1. The highest BCUT2D eigenvalue weighted by Crippen LogP contribution is 2.35. The topological polar surface area (TPSA) is 47.7 Å². The molecule has 1 aliphatic rings. The molecule has 0 radical (unpaired) electrons. The molecule has 0 bridgehead atoms. The van der Waals surface area contributed by atoms with E-state index in [0.29, 0.717) is 12.0 Å². The Labute approximate surface area is 120 Å². The summed E-state index contributed by atoms with van der Waals surface area (Å²) >= 11 is 0. The van der Waals surface area contributed by atoms with Crippen molar-refractivity contribution in [3.8, 4) is 0 Å². The van der Waals surface area contributed by atoms with Crippen molar-refractivity contribution in [2.45, 2.75) is 45.8 Å². The van der Waals surface area contributed by atoms with Gasteiger partial charge in [-0.3, -0.25) is 0 Å². The summed E-state index contributed by atoms with van der Waals surface area (Å²) in [4.78, 5) is 8.73. The van der Waals surface area contributed by atoms with Crippen molar-refractivity contribution in [3.63, 3.8) is 0 Å². The molecule has 0 aromatic carbocycles. The zero-order valence-electron chi connectivity index (χ0n) is 12.3. The van der Waals surface area contributed by atoms with Gasteiger partial charge < -0.3 is 14.5 Å². The molecule has 1 N–H and O–H groups in total. The molecule has 5 nitrogen and oxygen atoms in total. The molecule has 0 aliphatic heterocycles. The Morgan fingerprint density at radius 3 is 2.95 bits per heavy atom. The van der Waals surface area contributed by atoms with E-state index in [9.17, 15) is 0 Å². The maximum Gasteiger partial charge on any atom is 0.0953 e. The number of nitrogens with zero attached hydrogens (tertiary/aromatic N) is 4. The summed E-state index contributed by atoms with van der Waals surface area (Å²) in [5, 5.41) is 3.42. The van der Waals surface area contributed by atoms with E-state index in [1.807, 2.05) is 18.9 Å². The quantitative estimate of drug-likeness (QED) is 0.841. The van der Waals surface area contributed by atoms with Gasteiger partial charge in [-0.2, -0.15) is 0 Å². The minimum Gasteiger partial charge on any atom is -0.331 e. The van der Waals surface area contributed by atoms with Gasteiger partial charge in [0.25, 0.3) is 0 Å². The SMILES string of the molecule is CC(C)CNCc1cn(Cc2cncn2C2CC2)cn1. The van der Waals surface area contributed by atoms with Crippen molar-refractivity contribution >= 4 is 0 Å². The van der Waals surface area contributed by atoms with Gasteiger partial charge in [0.1, 0.15) is 0 Å². The van der Waals surface area contributed by atoms with Crippen LogP contribution < -0.4 is 5.32 Å². The molecule has 1 fully saturated rings. The van der Waals surface area contributed by atoms with E-state index in [1.165, 1.54) is 18.5 Å². The van der Waals surface area contributed by atoms with Gasteiger partial charge in [-0.05, 0) is 25.3 Å². The van der Waals surface area contributed by atoms with Gasteiger partial charge in [0, 0.05) is 25.0 Å². The fourth-order valence-electron chi connectivity index (χ4n) is 2.40. The Morgan fingerprint density at radius 1 is 1.35 bits per heavy atom. The average molecular weight is 273 g/mol. The number of aromatic nitrogens is 4. The first kappa shape index (κ1) is 13.4. The molecule has 3 rings (SSSR count). The van der Waals surface area contributed by atoms with Gasteiger partial charge in [0.2, 0.25) is 0 Å². The summed E-state index contributed by atoms with van der Waals surface area (Å²) in [5.41, 5.74) is 2.37. The Balaban J connectivity index is 1.57. The van der Waals surface area contributed by atoms with Crippen LogP contribution in [-0.4, -0.2) is 25.6 Å². The van der Waals surface area contributed by atoms with E-state index in [1.54, 1.807) is 0 Å².